The van der Waals surface area contributed by atoms with Crippen molar-refractivity contribution in [3.05, 3.63) is 28.7 Å². The summed E-state index contributed by atoms with van der Waals surface area (Å²) in [6.45, 7) is 0.654. The second-order valence-corrected chi connectivity index (χ2v) is 3.77. The first-order chi connectivity index (χ1) is 6.72. The van der Waals surface area contributed by atoms with E-state index in [9.17, 15) is 4.79 Å². The number of amides is 1. The molecule has 0 saturated heterocycles. The average molecular weight is 257 g/mol. The minimum atomic E-state index is 0.0506. The van der Waals surface area contributed by atoms with Crippen LogP contribution in [0.2, 0.25) is 0 Å². The van der Waals surface area contributed by atoms with Crippen molar-refractivity contribution in [1.82, 2.24) is 5.32 Å². The van der Waals surface area contributed by atoms with Crippen LogP contribution < -0.4 is 10.6 Å². The Kier molecular flexibility index (Phi) is 4.46. The molecule has 0 aliphatic carbocycles. The van der Waals surface area contributed by atoms with Crippen LogP contribution in [-0.4, -0.2) is 19.5 Å². The van der Waals surface area contributed by atoms with E-state index in [0.717, 1.165) is 10.2 Å². The first kappa shape index (κ1) is 11.0. The van der Waals surface area contributed by atoms with Gasteiger partial charge in [-0.15, -0.1) is 0 Å². The zero-order valence-electron chi connectivity index (χ0n) is 8.01. The van der Waals surface area contributed by atoms with Crippen LogP contribution in [0.1, 0.15) is 6.42 Å². The Labute approximate surface area is 92.0 Å². The van der Waals surface area contributed by atoms with E-state index in [4.69, 9.17) is 0 Å². The lowest BCUT2D eigenvalue weighted by Crippen LogP contribution is -2.20. The molecular weight excluding hydrogens is 244 g/mol. The van der Waals surface area contributed by atoms with Crippen molar-refractivity contribution in [2.24, 2.45) is 0 Å². The number of benzene rings is 1. The van der Waals surface area contributed by atoms with Crippen molar-refractivity contribution in [2.45, 2.75) is 6.42 Å². The molecule has 0 unspecified atom stereocenters. The Balaban J connectivity index is 2.31. The summed E-state index contributed by atoms with van der Waals surface area (Å²) in [5, 5.41) is 5.73. The number of anilines is 1. The van der Waals surface area contributed by atoms with Crippen LogP contribution in [0.3, 0.4) is 0 Å². The first-order valence-electron chi connectivity index (χ1n) is 4.42. The summed E-state index contributed by atoms with van der Waals surface area (Å²) in [7, 11) is 1.64. The van der Waals surface area contributed by atoms with Gasteiger partial charge < -0.3 is 10.6 Å². The highest BCUT2D eigenvalue weighted by atomic mass is 79.9. The molecule has 1 aromatic carbocycles. The Bertz CT molecular complexity index is 297. The maximum absolute atomic E-state index is 10.9. The second kappa shape index (κ2) is 5.65. The average Bonchev–Trinajstić information content (AvgIpc) is 2.21. The molecule has 0 fully saturated rings. The summed E-state index contributed by atoms with van der Waals surface area (Å²) in [6.07, 6.45) is 0.493. The zero-order chi connectivity index (χ0) is 10.4. The fourth-order valence-corrected chi connectivity index (χ4v) is 1.28. The van der Waals surface area contributed by atoms with Crippen LogP contribution in [0, 0.1) is 0 Å². The molecule has 0 saturated carbocycles. The number of rotatable bonds is 4. The molecule has 0 radical (unpaired) electrons. The van der Waals surface area contributed by atoms with Crippen molar-refractivity contribution in [3.8, 4) is 0 Å². The monoisotopic (exact) mass is 256 g/mol. The lowest BCUT2D eigenvalue weighted by atomic mass is 10.3. The van der Waals surface area contributed by atoms with Gasteiger partial charge >= 0.3 is 0 Å². The van der Waals surface area contributed by atoms with E-state index in [1.54, 1.807) is 7.05 Å². The molecule has 0 aromatic heterocycles. The van der Waals surface area contributed by atoms with Crippen LogP contribution in [0.15, 0.2) is 28.7 Å². The number of hydrogen-bond donors (Lipinski definition) is 2. The lowest BCUT2D eigenvalue weighted by Gasteiger charge is -2.05. The van der Waals surface area contributed by atoms with Crippen molar-refractivity contribution < 1.29 is 4.79 Å². The number of carbonyl (C=O) groups excluding carboxylic acids is 1. The third-order valence-electron chi connectivity index (χ3n) is 1.80. The molecule has 0 aliphatic rings. The van der Waals surface area contributed by atoms with Gasteiger partial charge in [0.1, 0.15) is 0 Å². The predicted molar refractivity (Wildman–Crippen MR) is 61.3 cm³/mol. The lowest BCUT2D eigenvalue weighted by molar-refractivity contribution is -0.120. The quantitative estimate of drug-likeness (QED) is 0.866. The van der Waals surface area contributed by atoms with Crippen molar-refractivity contribution in [2.75, 3.05) is 18.9 Å². The van der Waals surface area contributed by atoms with Gasteiger partial charge in [0.05, 0.1) is 0 Å². The van der Waals surface area contributed by atoms with Crippen LogP contribution in [0.25, 0.3) is 0 Å². The topological polar surface area (TPSA) is 41.1 Å². The molecule has 76 valence electrons. The predicted octanol–water partition coefficient (Wildman–Crippen LogP) is 2.00. The van der Waals surface area contributed by atoms with E-state index in [0.29, 0.717) is 13.0 Å². The number of hydrogen-bond acceptors (Lipinski definition) is 2. The van der Waals surface area contributed by atoms with E-state index < -0.39 is 0 Å². The molecule has 4 heteroatoms. The van der Waals surface area contributed by atoms with E-state index in [1.165, 1.54) is 0 Å². The van der Waals surface area contributed by atoms with Crippen LogP contribution in [0.4, 0.5) is 5.69 Å². The van der Waals surface area contributed by atoms with Gasteiger partial charge in [0, 0.05) is 30.2 Å². The van der Waals surface area contributed by atoms with Crippen LogP contribution in [-0.2, 0) is 4.79 Å². The van der Waals surface area contributed by atoms with Gasteiger partial charge in [-0.05, 0) is 24.3 Å². The van der Waals surface area contributed by atoms with E-state index in [2.05, 4.69) is 26.6 Å². The third kappa shape index (κ3) is 3.79. The first-order valence-corrected chi connectivity index (χ1v) is 5.21. The van der Waals surface area contributed by atoms with Gasteiger partial charge in [-0.25, -0.2) is 0 Å². The Morgan fingerprint density at radius 1 is 1.36 bits per heavy atom. The molecule has 14 heavy (non-hydrogen) atoms. The van der Waals surface area contributed by atoms with E-state index in [-0.39, 0.29) is 5.91 Å². The molecule has 0 aliphatic heterocycles. The van der Waals surface area contributed by atoms with Crippen molar-refractivity contribution in [3.63, 3.8) is 0 Å². The molecule has 0 spiro atoms. The van der Waals surface area contributed by atoms with Crippen molar-refractivity contribution in [1.29, 1.82) is 0 Å². The van der Waals surface area contributed by atoms with Gasteiger partial charge in [-0.3, -0.25) is 4.79 Å². The van der Waals surface area contributed by atoms with Crippen LogP contribution >= 0.6 is 15.9 Å². The minimum absolute atomic E-state index is 0.0506. The fourth-order valence-electron chi connectivity index (χ4n) is 1.01. The Morgan fingerprint density at radius 2 is 2.00 bits per heavy atom. The molecule has 1 rings (SSSR count). The molecule has 2 N–H and O–H groups in total. The smallest absolute Gasteiger partial charge is 0.221 e. The standard InChI is InChI=1S/C10H13BrN2O/c1-12-10(14)6-7-13-9-4-2-8(11)3-5-9/h2-5,13H,6-7H2,1H3,(H,12,14). The molecule has 0 bridgehead atoms. The third-order valence-corrected chi connectivity index (χ3v) is 2.33. The highest BCUT2D eigenvalue weighted by Gasteiger charge is 1.96. The van der Waals surface area contributed by atoms with Crippen LogP contribution in [0.5, 0.6) is 0 Å². The SMILES string of the molecule is CNC(=O)CCNc1ccc(Br)cc1. The maximum atomic E-state index is 10.9. The normalized spacial score (nSPS) is 9.57. The maximum Gasteiger partial charge on any atom is 0.221 e. The van der Waals surface area contributed by atoms with Crippen molar-refractivity contribution >= 4 is 27.5 Å². The molecule has 1 aromatic rings. The highest BCUT2D eigenvalue weighted by molar-refractivity contribution is 9.10. The van der Waals surface area contributed by atoms with Gasteiger partial charge in [-0.2, -0.15) is 0 Å². The summed E-state index contributed by atoms with van der Waals surface area (Å²) < 4.78 is 1.05. The largest absolute Gasteiger partial charge is 0.385 e. The summed E-state index contributed by atoms with van der Waals surface area (Å²) in [6, 6.07) is 7.85. The molecule has 0 atom stereocenters. The Hall–Kier alpha value is -1.03. The number of halogens is 1. The van der Waals surface area contributed by atoms with Gasteiger partial charge in [0.25, 0.3) is 0 Å². The molecule has 3 nitrogen and oxygen atoms in total. The van der Waals surface area contributed by atoms with E-state index in [1.807, 2.05) is 24.3 Å². The second-order valence-electron chi connectivity index (χ2n) is 2.86. The minimum Gasteiger partial charge on any atom is -0.385 e. The molecule has 1 amide bonds. The highest BCUT2D eigenvalue weighted by Crippen LogP contribution is 2.13. The molecular formula is C10H13BrN2O. The summed E-state index contributed by atoms with van der Waals surface area (Å²) >= 11 is 3.36. The molecule has 0 heterocycles. The summed E-state index contributed by atoms with van der Waals surface area (Å²) in [5.74, 6) is 0.0506. The number of nitrogens with one attached hydrogen (secondary N) is 2. The van der Waals surface area contributed by atoms with Gasteiger partial charge in [-0.1, -0.05) is 15.9 Å². The fraction of sp³-hybridized carbons (Fsp3) is 0.300. The summed E-state index contributed by atoms with van der Waals surface area (Å²) in [5.41, 5.74) is 1.03. The summed E-state index contributed by atoms with van der Waals surface area (Å²) in [4.78, 5) is 10.9. The van der Waals surface area contributed by atoms with Gasteiger partial charge in [0.15, 0.2) is 0 Å². The zero-order valence-corrected chi connectivity index (χ0v) is 9.60. The number of carbonyl (C=O) groups is 1. The van der Waals surface area contributed by atoms with E-state index >= 15 is 0 Å². The Morgan fingerprint density at radius 3 is 2.57 bits per heavy atom. The van der Waals surface area contributed by atoms with Gasteiger partial charge in [0.2, 0.25) is 5.91 Å².